The Morgan fingerprint density at radius 1 is 1.08 bits per heavy atom. The normalized spacial score (nSPS) is 14.9. The molecule has 192 valence electrons. The van der Waals surface area contributed by atoms with Gasteiger partial charge in [-0.3, -0.25) is 4.79 Å². The third-order valence-electron chi connectivity index (χ3n) is 6.85. The van der Waals surface area contributed by atoms with Gasteiger partial charge in [0.1, 0.15) is 17.5 Å². The van der Waals surface area contributed by atoms with E-state index >= 15 is 0 Å². The number of aliphatic carboxylic acids is 1. The Balaban J connectivity index is 1.34. The van der Waals surface area contributed by atoms with Crippen molar-refractivity contribution in [3.63, 3.8) is 0 Å². The third kappa shape index (κ3) is 6.79. The van der Waals surface area contributed by atoms with Gasteiger partial charge in [0.25, 0.3) is 5.91 Å². The topological polar surface area (TPSA) is 113 Å². The fourth-order valence-corrected chi connectivity index (χ4v) is 4.72. The zero-order valence-corrected chi connectivity index (χ0v) is 20.7. The van der Waals surface area contributed by atoms with Crippen LogP contribution in [0.2, 0.25) is 0 Å². The minimum atomic E-state index is -1.09. The maximum Gasteiger partial charge on any atom is 0.326 e. The Labute approximate surface area is 211 Å². The number of carbonyl (C=O) groups is 2. The van der Waals surface area contributed by atoms with Crippen molar-refractivity contribution in [2.75, 3.05) is 26.8 Å². The quantitative estimate of drug-likeness (QED) is 0.282. The van der Waals surface area contributed by atoms with Gasteiger partial charge in [-0.05, 0) is 92.7 Å². The SMILES string of the molecule is COc1ccc(C(=O)N[C@@H](Cc2c[nH]c3ccc(OCCCCC4CCNCC4)cc23)C(=O)O)cc1. The molecule has 4 N–H and O–H groups in total. The van der Waals surface area contributed by atoms with Crippen LogP contribution in [0, 0.1) is 5.92 Å². The molecule has 0 bridgehead atoms. The molecule has 36 heavy (non-hydrogen) atoms. The van der Waals surface area contributed by atoms with E-state index in [9.17, 15) is 14.7 Å². The second-order valence-corrected chi connectivity index (χ2v) is 9.36. The molecule has 0 saturated carbocycles. The average Bonchev–Trinajstić information content (AvgIpc) is 3.30. The maximum absolute atomic E-state index is 12.6. The number of ether oxygens (including phenoxy) is 2. The number of fused-ring (bicyclic) bond motifs is 1. The summed E-state index contributed by atoms with van der Waals surface area (Å²) in [6.07, 6.45) is 7.92. The minimum Gasteiger partial charge on any atom is -0.497 e. The molecule has 0 spiro atoms. The summed E-state index contributed by atoms with van der Waals surface area (Å²) in [7, 11) is 1.55. The summed E-state index contributed by atoms with van der Waals surface area (Å²) in [5, 5.41) is 16.7. The third-order valence-corrected chi connectivity index (χ3v) is 6.85. The number of carboxylic acids is 1. The molecular weight excluding hydrogens is 458 g/mol. The van der Waals surface area contributed by atoms with Crippen molar-refractivity contribution in [3.8, 4) is 11.5 Å². The lowest BCUT2D eigenvalue weighted by Crippen LogP contribution is -2.42. The smallest absolute Gasteiger partial charge is 0.326 e. The van der Waals surface area contributed by atoms with Crippen LogP contribution in [0.3, 0.4) is 0 Å². The standard InChI is InChI=1S/C28H35N3O5/c1-35-22-7-5-20(6-8-22)27(32)31-26(28(33)34)16-21-18-30-25-10-9-23(17-24(21)25)36-15-3-2-4-19-11-13-29-14-12-19/h5-10,17-19,26,29-30H,2-4,11-16H2,1H3,(H,31,32)(H,33,34)/t26-/m0/s1. The number of benzene rings is 2. The van der Waals surface area contributed by atoms with E-state index in [-0.39, 0.29) is 6.42 Å². The molecule has 1 atom stereocenters. The van der Waals surface area contributed by atoms with Gasteiger partial charge in [0, 0.05) is 29.1 Å². The lowest BCUT2D eigenvalue weighted by atomic mass is 9.93. The van der Waals surface area contributed by atoms with Gasteiger partial charge < -0.3 is 30.2 Å². The van der Waals surface area contributed by atoms with Crippen LogP contribution < -0.4 is 20.1 Å². The molecule has 0 radical (unpaired) electrons. The second-order valence-electron chi connectivity index (χ2n) is 9.36. The summed E-state index contributed by atoms with van der Waals surface area (Å²) >= 11 is 0. The number of rotatable bonds is 12. The first-order valence-corrected chi connectivity index (χ1v) is 12.6. The summed E-state index contributed by atoms with van der Waals surface area (Å²) in [5.41, 5.74) is 2.08. The zero-order valence-electron chi connectivity index (χ0n) is 20.7. The lowest BCUT2D eigenvalue weighted by Gasteiger charge is -2.22. The van der Waals surface area contributed by atoms with Gasteiger partial charge in [-0.25, -0.2) is 4.79 Å². The fraction of sp³-hybridized carbons (Fsp3) is 0.429. The van der Waals surface area contributed by atoms with E-state index in [1.807, 2.05) is 18.2 Å². The van der Waals surface area contributed by atoms with E-state index in [0.29, 0.717) is 17.9 Å². The highest BCUT2D eigenvalue weighted by Gasteiger charge is 2.23. The van der Waals surface area contributed by atoms with Crippen LogP contribution in [0.25, 0.3) is 10.9 Å². The molecular formula is C28H35N3O5. The molecule has 2 heterocycles. The maximum atomic E-state index is 12.6. The Kier molecular flexibility index (Phi) is 8.84. The van der Waals surface area contributed by atoms with Crippen molar-refractivity contribution < 1.29 is 24.2 Å². The fourth-order valence-electron chi connectivity index (χ4n) is 4.72. The summed E-state index contributed by atoms with van der Waals surface area (Å²) in [6, 6.07) is 11.3. The van der Waals surface area contributed by atoms with Crippen LogP contribution in [0.4, 0.5) is 0 Å². The number of hydrogen-bond acceptors (Lipinski definition) is 5. The molecule has 4 rings (SSSR count). The predicted octanol–water partition coefficient (Wildman–Crippen LogP) is 4.15. The van der Waals surface area contributed by atoms with Gasteiger partial charge >= 0.3 is 5.97 Å². The van der Waals surface area contributed by atoms with Crippen molar-refractivity contribution >= 4 is 22.8 Å². The average molecular weight is 494 g/mol. The van der Waals surface area contributed by atoms with Gasteiger partial charge in [-0.15, -0.1) is 0 Å². The second kappa shape index (κ2) is 12.4. The summed E-state index contributed by atoms with van der Waals surface area (Å²) in [5.74, 6) is 0.683. The number of hydrogen-bond donors (Lipinski definition) is 4. The number of nitrogens with one attached hydrogen (secondary N) is 3. The Hall–Kier alpha value is -3.52. The Bertz CT molecular complexity index is 1150. The van der Waals surface area contributed by atoms with Crippen LogP contribution in [0.5, 0.6) is 11.5 Å². The largest absolute Gasteiger partial charge is 0.497 e. The number of amides is 1. The van der Waals surface area contributed by atoms with Gasteiger partial charge in [0.2, 0.25) is 0 Å². The van der Waals surface area contributed by atoms with Crippen LogP contribution in [0.1, 0.15) is 48.0 Å². The number of carbonyl (C=O) groups excluding carboxylic acids is 1. The van der Waals surface area contributed by atoms with E-state index in [1.54, 1.807) is 37.6 Å². The molecule has 1 aliphatic heterocycles. The Morgan fingerprint density at radius 3 is 2.56 bits per heavy atom. The molecule has 0 aliphatic carbocycles. The molecule has 8 heteroatoms. The number of H-pyrrole nitrogens is 1. The first-order chi connectivity index (χ1) is 17.5. The molecule has 1 aromatic heterocycles. The van der Waals surface area contributed by atoms with E-state index in [0.717, 1.165) is 54.1 Å². The zero-order chi connectivity index (χ0) is 25.3. The van der Waals surface area contributed by atoms with Gasteiger partial charge in [0.15, 0.2) is 0 Å². The minimum absolute atomic E-state index is 0.150. The number of piperidine rings is 1. The first kappa shape index (κ1) is 25.6. The van der Waals surface area contributed by atoms with E-state index in [2.05, 4.69) is 15.6 Å². The van der Waals surface area contributed by atoms with E-state index in [4.69, 9.17) is 9.47 Å². The van der Waals surface area contributed by atoms with Crippen molar-refractivity contribution in [2.45, 2.75) is 44.6 Å². The molecule has 3 aromatic rings. The monoisotopic (exact) mass is 493 g/mol. The van der Waals surface area contributed by atoms with Crippen molar-refractivity contribution in [1.29, 1.82) is 0 Å². The molecule has 2 aromatic carbocycles. The highest BCUT2D eigenvalue weighted by molar-refractivity contribution is 5.97. The van der Waals surface area contributed by atoms with Crippen LogP contribution in [-0.4, -0.2) is 54.8 Å². The Morgan fingerprint density at radius 2 is 1.83 bits per heavy atom. The van der Waals surface area contributed by atoms with E-state index in [1.165, 1.54) is 19.3 Å². The number of methoxy groups -OCH3 is 1. The molecule has 0 unspecified atom stereocenters. The van der Waals surface area contributed by atoms with Crippen LogP contribution in [-0.2, 0) is 11.2 Å². The highest BCUT2D eigenvalue weighted by Crippen LogP contribution is 2.26. The molecule has 1 amide bonds. The van der Waals surface area contributed by atoms with Gasteiger partial charge in [-0.2, -0.15) is 0 Å². The van der Waals surface area contributed by atoms with Crippen molar-refractivity contribution in [2.24, 2.45) is 5.92 Å². The lowest BCUT2D eigenvalue weighted by molar-refractivity contribution is -0.139. The van der Waals surface area contributed by atoms with Crippen LogP contribution >= 0.6 is 0 Å². The van der Waals surface area contributed by atoms with Crippen molar-refractivity contribution in [1.82, 2.24) is 15.6 Å². The van der Waals surface area contributed by atoms with Crippen LogP contribution in [0.15, 0.2) is 48.7 Å². The summed E-state index contributed by atoms with van der Waals surface area (Å²) in [4.78, 5) is 27.8. The molecule has 1 saturated heterocycles. The van der Waals surface area contributed by atoms with Gasteiger partial charge in [-0.1, -0.05) is 6.42 Å². The number of unbranched alkanes of at least 4 members (excludes halogenated alkanes) is 1. The summed E-state index contributed by atoms with van der Waals surface area (Å²) < 4.78 is 11.1. The predicted molar refractivity (Wildman–Crippen MR) is 139 cm³/mol. The molecule has 1 aliphatic rings. The molecule has 8 nitrogen and oxygen atoms in total. The first-order valence-electron chi connectivity index (χ1n) is 12.6. The van der Waals surface area contributed by atoms with E-state index < -0.39 is 17.9 Å². The number of aromatic nitrogens is 1. The van der Waals surface area contributed by atoms with Crippen molar-refractivity contribution in [3.05, 3.63) is 59.8 Å². The van der Waals surface area contributed by atoms with Gasteiger partial charge in [0.05, 0.1) is 13.7 Å². The summed E-state index contributed by atoms with van der Waals surface area (Å²) in [6.45, 7) is 2.92. The highest BCUT2D eigenvalue weighted by atomic mass is 16.5. The number of aromatic amines is 1. The number of carboxylic acid groups (broad SMARTS) is 1. The molecule has 1 fully saturated rings.